The van der Waals surface area contributed by atoms with E-state index in [-0.39, 0.29) is 13.2 Å². The molecule has 0 saturated heterocycles. The highest BCUT2D eigenvalue weighted by atomic mass is 17.2. The van der Waals surface area contributed by atoms with Gasteiger partial charge in [-0.2, -0.15) is 0 Å². The summed E-state index contributed by atoms with van der Waals surface area (Å²) in [5, 5.41) is 9.10. The Balaban J connectivity index is 1.67. The van der Waals surface area contributed by atoms with Crippen LogP contribution in [-0.4, -0.2) is 24.3 Å². The Morgan fingerprint density at radius 2 is 1.29 bits per heavy atom. The number of hydrogen-bond donors (Lipinski definition) is 1. The standard InChI is InChI=1S/C30H24O5/c1-2-29(32)35-34-24-17-13-22(14-18-24)30(21-11-15-23(16-12-21)33-20-19-31)27-9-5-3-7-25(27)26-8-4-6-10-28(26)30/h2-18,31H,1,19-20H2. The van der Waals surface area contributed by atoms with Crippen molar-refractivity contribution in [2.24, 2.45) is 0 Å². The molecule has 0 spiro atoms. The maximum absolute atomic E-state index is 11.4. The monoisotopic (exact) mass is 464 g/mol. The van der Waals surface area contributed by atoms with E-state index in [1.54, 1.807) is 12.1 Å². The van der Waals surface area contributed by atoms with E-state index in [1.807, 2.05) is 24.3 Å². The van der Waals surface area contributed by atoms with Crippen LogP contribution < -0.4 is 9.62 Å². The van der Waals surface area contributed by atoms with E-state index in [2.05, 4.69) is 67.2 Å². The molecule has 0 aromatic heterocycles. The van der Waals surface area contributed by atoms with Crippen molar-refractivity contribution >= 4 is 5.97 Å². The quantitative estimate of drug-likeness (QED) is 0.188. The topological polar surface area (TPSA) is 65.0 Å². The van der Waals surface area contributed by atoms with Crippen LogP contribution in [0.25, 0.3) is 11.1 Å². The van der Waals surface area contributed by atoms with Gasteiger partial charge in [0.1, 0.15) is 12.4 Å². The van der Waals surface area contributed by atoms with Gasteiger partial charge >= 0.3 is 5.97 Å². The summed E-state index contributed by atoms with van der Waals surface area (Å²) in [5.41, 5.74) is 6.28. The molecule has 4 aromatic carbocycles. The Kier molecular flexibility index (Phi) is 6.08. The van der Waals surface area contributed by atoms with Crippen LogP contribution in [-0.2, 0) is 15.1 Å². The highest BCUT2D eigenvalue weighted by Gasteiger charge is 2.45. The minimum Gasteiger partial charge on any atom is -0.491 e. The molecule has 0 atom stereocenters. The van der Waals surface area contributed by atoms with Gasteiger partial charge in [-0.15, -0.1) is 0 Å². The molecule has 1 aliphatic carbocycles. The molecule has 0 heterocycles. The van der Waals surface area contributed by atoms with E-state index in [1.165, 1.54) is 22.3 Å². The van der Waals surface area contributed by atoms with Gasteiger partial charge in [0.2, 0.25) is 0 Å². The number of ether oxygens (including phenoxy) is 1. The minimum absolute atomic E-state index is 0.0387. The second kappa shape index (κ2) is 9.49. The first-order valence-corrected chi connectivity index (χ1v) is 11.3. The summed E-state index contributed by atoms with van der Waals surface area (Å²) in [4.78, 5) is 21.2. The van der Waals surface area contributed by atoms with E-state index >= 15 is 0 Å². The molecule has 1 N–H and O–H groups in total. The van der Waals surface area contributed by atoms with Gasteiger partial charge in [-0.05, 0) is 57.6 Å². The first kappa shape index (κ1) is 22.4. The number of rotatable bonds is 8. The average Bonchev–Trinajstić information content (AvgIpc) is 3.22. The molecule has 0 fully saturated rings. The molecule has 1 aliphatic rings. The van der Waals surface area contributed by atoms with E-state index < -0.39 is 11.4 Å². The second-order valence-electron chi connectivity index (χ2n) is 8.15. The van der Waals surface area contributed by atoms with Gasteiger partial charge < -0.3 is 9.84 Å². The molecule has 174 valence electrons. The first-order valence-electron chi connectivity index (χ1n) is 11.3. The third kappa shape index (κ3) is 3.86. The van der Waals surface area contributed by atoms with Crippen LogP contribution in [0.4, 0.5) is 0 Å². The summed E-state index contributed by atoms with van der Waals surface area (Å²) in [6.07, 6.45) is 1.05. The van der Waals surface area contributed by atoms with Crippen LogP contribution >= 0.6 is 0 Å². The summed E-state index contributed by atoms with van der Waals surface area (Å²) >= 11 is 0. The molecule has 0 saturated carbocycles. The van der Waals surface area contributed by atoms with Crippen molar-refractivity contribution < 1.29 is 24.4 Å². The van der Waals surface area contributed by atoms with Gasteiger partial charge in [0, 0.05) is 6.08 Å². The Bertz CT molecular complexity index is 1310. The van der Waals surface area contributed by atoms with Gasteiger partial charge in [-0.3, -0.25) is 4.89 Å². The van der Waals surface area contributed by atoms with Crippen molar-refractivity contribution in [1.29, 1.82) is 0 Å². The van der Waals surface area contributed by atoms with Gasteiger partial charge in [-0.1, -0.05) is 79.4 Å². The number of aliphatic hydroxyl groups is 1. The minimum atomic E-state index is -0.660. The normalized spacial score (nSPS) is 12.8. The molecule has 0 radical (unpaired) electrons. The molecule has 0 unspecified atom stereocenters. The summed E-state index contributed by atoms with van der Waals surface area (Å²) in [5.74, 6) is 0.449. The zero-order valence-electron chi connectivity index (χ0n) is 19.0. The van der Waals surface area contributed by atoms with Crippen LogP contribution in [0.2, 0.25) is 0 Å². The zero-order chi connectivity index (χ0) is 24.3. The van der Waals surface area contributed by atoms with E-state index in [4.69, 9.17) is 19.6 Å². The molecule has 0 aliphatic heterocycles. The van der Waals surface area contributed by atoms with Crippen molar-refractivity contribution in [3.05, 3.63) is 132 Å². The van der Waals surface area contributed by atoms with Crippen LogP contribution in [0.1, 0.15) is 22.3 Å². The van der Waals surface area contributed by atoms with Crippen LogP contribution in [0, 0.1) is 0 Å². The summed E-state index contributed by atoms with van der Waals surface area (Å²) in [6, 6.07) is 32.4. The number of benzene rings is 4. The van der Waals surface area contributed by atoms with E-state index in [9.17, 15) is 4.79 Å². The van der Waals surface area contributed by atoms with E-state index in [0.717, 1.165) is 17.2 Å². The molecule has 5 nitrogen and oxygen atoms in total. The fourth-order valence-electron chi connectivity index (χ4n) is 4.87. The molecule has 5 heteroatoms. The second-order valence-corrected chi connectivity index (χ2v) is 8.15. The predicted octanol–water partition coefficient (Wildman–Crippen LogP) is 5.44. The van der Waals surface area contributed by atoms with Crippen LogP contribution in [0.3, 0.4) is 0 Å². The molecule has 35 heavy (non-hydrogen) atoms. The number of aliphatic hydroxyl groups excluding tert-OH is 1. The number of carbonyl (C=O) groups is 1. The largest absolute Gasteiger partial charge is 0.491 e. The smallest absolute Gasteiger partial charge is 0.378 e. The van der Waals surface area contributed by atoms with Crippen molar-refractivity contribution in [3.8, 4) is 22.6 Å². The van der Waals surface area contributed by atoms with Crippen LogP contribution in [0.15, 0.2) is 110 Å². The Labute approximate surface area is 203 Å². The van der Waals surface area contributed by atoms with Crippen molar-refractivity contribution in [1.82, 2.24) is 0 Å². The maximum atomic E-state index is 11.4. The Morgan fingerprint density at radius 1 is 0.771 bits per heavy atom. The molecule has 4 aromatic rings. The molecule has 0 amide bonds. The number of carbonyl (C=O) groups excluding carboxylic acids is 1. The SMILES string of the molecule is C=CC(=O)OOc1ccc(C2(c3ccc(OCCO)cc3)c3ccccc3-c3ccccc32)cc1. The molecular formula is C30H24O5. The molecule has 0 bridgehead atoms. The lowest BCUT2D eigenvalue weighted by Gasteiger charge is -2.34. The lowest BCUT2D eigenvalue weighted by atomic mass is 9.68. The zero-order valence-corrected chi connectivity index (χ0v) is 19.0. The molecular weight excluding hydrogens is 440 g/mol. The average molecular weight is 465 g/mol. The van der Waals surface area contributed by atoms with Gasteiger partial charge in [-0.25, -0.2) is 9.68 Å². The fraction of sp³-hybridized carbons (Fsp3) is 0.100. The highest BCUT2D eigenvalue weighted by Crippen LogP contribution is 2.56. The number of fused-ring (bicyclic) bond motifs is 3. The fourth-order valence-corrected chi connectivity index (χ4v) is 4.87. The third-order valence-corrected chi connectivity index (χ3v) is 6.27. The Morgan fingerprint density at radius 3 is 1.80 bits per heavy atom. The lowest BCUT2D eigenvalue weighted by molar-refractivity contribution is -0.207. The summed E-state index contributed by atoms with van der Waals surface area (Å²) < 4.78 is 5.61. The number of hydrogen-bond acceptors (Lipinski definition) is 5. The third-order valence-electron chi connectivity index (χ3n) is 6.27. The maximum Gasteiger partial charge on any atom is 0.378 e. The van der Waals surface area contributed by atoms with E-state index in [0.29, 0.717) is 11.5 Å². The van der Waals surface area contributed by atoms with Gasteiger partial charge in [0.25, 0.3) is 0 Å². The van der Waals surface area contributed by atoms with Gasteiger partial charge in [0.05, 0.1) is 12.0 Å². The molecule has 5 rings (SSSR count). The van der Waals surface area contributed by atoms with Crippen molar-refractivity contribution in [3.63, 3.8) is 0 Å². The first-order chi connectivity index (χ1) is 17.2. The van der Waals surface area contributed by atoms with Crippen molar-refractivity contribution in [2.45, 2.75) is 5.41 Å². The lowest BCUT2D eigenvalue weighted by Crippen LogP contribution is -2.28. The summed E-state index contributed by atoms with van der Waals surface area (Å²) in [7, 11) is 0. The Hall–Kier alpha value is -4.35. The van der Waals surface area contributed by atoms with Gasteiger partial charge in [0.15, 0.2) is 5.75 Å². The highest BCUT2D eigenvalue weighted by molar-refractivity contribution is 5.86. The predicted molar refractivity (Wildman–Crippen MR) is 133 cm³/mol. The van der Waals surface area contributed by atoms with Crippen molar-refractivity contribution in [2.75, 3.05) is 13.2 Å². The summed E-state index contributed by atoms with van der Waals surface area (Å²) in [6.45, 7) is 3.58. The van der Waals surface area contributed by atoms with Crippen LogP contribution in [0.5, 0.6) is 11.5 Å².